The average molecular weight is 404 g/mol. The molecular formula is C22H45NO5. The third kappa shape index (κ3) is 15.1. The summed E-state index contributed by atoms with van der Waals surface area (Å²) in [6.07, 6.45) is 11.4. The van der Waals surface area contributed by atoms with Crippen LogP contribution < -0.4 is 5.32 Å². The zero-order chi connectivity index (χ0) is 21.3. The molecule has 0 unspecified atom stereocenters. The van der Waals surface area contributed by atoms with Gasteiger partial charge in [-0.2, -0.15) is 0 Å². The first kappa shape index (κ1) is 27.1. The van der Waals surface area contributed by atoms with E-state index in [-0.39, 0.29) is 13.2 Å². The van der Waals surface area contributed by atoms with Gasteiger partial charge >= 0.3 is 6.09 Å². The van der Waals surface area contributed by atoms with Gasteiger partial charge in [-0.1, -0.05) is 58.3 Å². The molecule has 6 nitrogen and oxygen atoms in total. The second kappa shape index (κ2) is 16.0. The number of carbonyl (C=O) groups excluding carboxylic acids is 1. The number of hydrogen-bond acceptors (Lipinski definition) is 5. The quantitative estimate of drug-likeness (QED) is 0.310. The molecule has 0 fully saturated rings. The van der Waals surface area contributed by atoms with E-state index in [4.69, 9.17) is 9.47 Å². The fourth-order valence-electron chi connectivity index (χ4n) is 2.98. The maximum Gasteiger partial charge on any atom is 0.408 e. The van der Waals surface area contributed by atoms with E-state index in [2.05, 4.69) is 12.2 Å². The van der Waals surface area contributed by atoms with E-state index in [1.807, 2.05) is 0 Å². The Morgan fingerprint density at radius 3 is 1.82 bits per heavy atom. The highest BCUT2D eigenvalue weighted by Gasteiger charge is 2.32. The molecule has 0 radical (unpaired) electrons. The molecule has 0 saturated heterocycles. The van der Waals surface area contributed by atoms with Crippen LogP contribution in [0.1, 0.15) is 98.3 Å². The van der Waals surface area contributed by atoms with Crippen molar-refractivity contribution in [2.75, 3.05) is 26.4 Å². The van der Waals surface area contributed by atoms with Crippen LogP contribution in [0.5, 0.6) is 0 Å². The van der Waals surface area contributed by atoms with E-state index in [1.54, 1.807) is 20.8 Å². The summed E-state index contributed by atoms with van der Waals surface area (Å²) in [7, 11) is 0. The summed E-state index contributed by atoms with van der Waals surface area (Å²) in [4.78, 5) is 12.0. The predicted octanol–water partition coefficient (Wildman–Crippen LogP) is 4.56. The Hall–Kier alpha value is -0.850. The summed E-state index contributed by atoms with van der Waals surface area (Å²) in [6, 6.07) is 0. The number of amides is 1. The fourth-order valence-corrected chi connectivity index (χ4v) is 2.98. The summed E-state index contributed by atoms with van der Waals surface area (Å²) < 4.78 is 10.9. The highest BCUT2D eigenvalue weighted by Crippen LogP contribution is 2.17. The summed E-state index contributed by atoms with van der Waals surface area (Å²) in [6.45, 7) is 8.57. The molecule has 6 heteroatoms. The number of unbranched alkanes of at least 4 members (excludes halogenated alkanes) is 8. The van der Waals surface area contributed by atoms with Crippen molar-refractivity contribution in [3.05, 3.63) is 0 Å². The molecule has 0 aliphatic carbocycles. The average Bonchev–Trinajstić information content (AvgIpc) is 2.63. The topological polar surface area (TPSA) is 88.0 Å². The molecule has 168 valence electrons. The van der Waals surface area contributed by atoms with Crippen molar-refractivity contribution in [3.8, 4) is 0 Å². The van der Waals surface area contributed by atoms with Gasteiger partial charge in [0.15, 0.2) is 0 Å². The van der Waals surface area contributed by atoms with Crippen LogP contribution in [0, 0.1) is 0 Å². The number of nitrogens with one attached hydrogen (secondary N) is 1. The van der Waals surface area contributed by atoms with Crippen LogP contribution in [0.4, 0.5) is 4.79 Å². The number of ether oxygens (including phenoxy) is 2. The van der Waals surface area contributed by atoms with Gasteiger partial charge in [0.2, 0.25) is 0 Å². The lowest BCUT2D eigenvalue weighted by Crippen LogP contribution is -2.55. The molecule has 3 N–H and O–H groups in total. The lowest BCUT2D eigenvalue weighted by atomic mass is 9.93. The minimum absolute atomic E-state index is 0.315. The third-order valence-corrected chi connectivity index (χ3v) is 4.71. The van der Waals surface area contributed by atoms with Gasteiger partial charge < -0.3 is 25.0 Å². The summed E-state index contributed by atoms with van der Waals surface area (Å²) in [5.74, 6) is 0. The van der Waals surface area contributed by atoms with Crippen LogP contribution in [-0.4, -0.2) is 53.9 Å². The largest absolute Gasteiger partial charge is 0.444 e. The van der Waals surface area contributed by atoms with E-state index < -0.39 is 17.2 Å². The van der Waals surface area contributed by atoms with Crippen LogP contribution in [0.25, 0.3) is 0 Å². The van der Waals surface area contributed by atoms with Crippen molar-refractivity contribution in [1.82, 2.24) is 5.32 Å². The van der Waals surface area contributed by atoms with Crippen LogP contribution in [-0.2, 0) is 9.47 Å². The molecule has 0 atom stereocenters. The maximum atomic E-state index is 12.0. The van der Waals surface area contributed by atoms with Crippen molar-refractivity contribution in [2.24, 2.45) is 0 Å². The van der Waals surface area contributed by atoms with E-state index in [0.717, 1.165) is 45.3 Å². The van der Waals surface area contributed by atoms with Crippen LogP contribution in [0.2, 0.25) is 0 Å². The number of rotatable bonds is 17. The van der Waals surface area contributed by atoms with E-state index in [1.165, 1.54) is 32.1 Å². The Labute approximate surface area is 172 Å². The molecule has 0 spiro atoms. The smallest absolute Gasteiger partial charge is 0.408 e. The number of aliphatic hydroxyl groups is 2. The first-order valence-electron chi connectivity index (χ1n) is 11.1. The highest BCUT2D eigenvalue weighted by atomic mass is 16.6. The highest BCUT2D eigenvalue weighted by molar-refractivity contribution is 5.68. The molecule has 0 aromatic heterocycles. The van der Waals surface area contributed by atoms with Crippen LogP contribution in [0.3, 0.4) is 0 Å². The molecule has 1 amide bonds. The number of carbonyl (C=O) groups is 1. The second-order valence-corrected chi connectivity index (χ2v) is 8.77. The third-order valence-electron chi connectivity index (χ3n) is 4.71. The summed E-state index contributed by atoms with van der Waals surface area (Å²) in [5, 5.41) is 22.0. The minimum atomic E-state index is -1.03. The Balaban J connectivity index is 3.80. The monoisotopic (exact) mass is 403 g/mol. The zero-order valence-electron chi connectivity index (χ0n) is 18.7. The molecule has 0 bridgehead atoms. The molecule has 0 rings (SSSR count). The van der Waals surface area contributed by atoms with Crippen molar-refractivity contribution in [1.29, 1.82) is 0 Å². The summed E-state index contributed by atoms with van der Waals surface area (Å²) in [5.41, 5.74) is -1.65. The zero-order valence-corrected chi connectivity index (χ0v) is 18.7. The van der Waals surface area contributed by atoms with E-state index >= 15 is 0 Å². The van der Waals surface area contributed by atoms with Gasteiger partial charge in [-0.25, -0.2) is 4.79 Å². The van der Waals surface area contributed by atoms with Gasteiger partial charge in [-0.3, -0.25) is 0 Å². The second-order valence-electron chi connectivity index (χ2n) is 8.77. The standard InChI is InChI=1S/C22H45NO5/c1-5-6-7-8-10-13-16-27-17-14-11-9-12-15-22(18-24,19-25)23-20(26)28-21(2,3)4/h24-25H,5-19H2,1-4H3,(H,23,26). The molecule has 28 heavy (non-hydrogen) atoms. The fraction of sp³-hybridized carbons (Fsp3) is 0.955. The van der Waals surface area contributed by atoms with Crippen LogP contribution in [0.15, 0.2) is 0 Å². The SMILES string of the molecule is CCCCCCCCOCCCCCCC(CO)(CO)NC(=O)OC(C)(C)C. The van der Waals surface area contributed by atoms with Crippen molar-refractivity contribution < 1.29 is 24.5 Å². The maximum absolute atomic E-state index is 12.0. The molecule has 0 aromatic carbocycles. The first-order chi connectivity index (χ1) is 13.3. The van der Waals surface area contributed by atoms with Gasteiger partial charge in [0.05, 0.1) is 18.8 Å². The van der Waals surface area contributed by atoms with Crippen molar-refractivity contribution in [3.63, 3.8) is 0 Å². The molecule has 0 aliphatic heterocycles. The number of hydrogen-bond donors (Lipinski definition) is 3. The minimum Gasteiger partial charge on any atom is -0.444 e. The molecule has 0 aliphatic rings. The van der Waals surface area contributed by atoms with Crippen LogP contribution >= 0.6 is 0 Å². The normalized spacial score (nSPS) is 12.2. The van der Waals surface area contributed by atoms with Crippen molar-refractivity contribution in [2.45, 2.75) is 109 Å². The van der Waals surface area contributed by atoms with Crippen molar-refractivity contribution >= 4 is 6.09 Å². The molecule has 0 aromatic rings. The van der Waals surface area contributed by atoms with Gasteiger partial charge in [-0.15, -0.1) is 0 Å². The Bertz CT molecular complexity index is 378. The summed E-state index contributed by atoms with van der Waals surface area (Å²) >= 11 is 0. The molecular weight excluding hydrogens is 358 g/mol. The number of aliphatic hydroxyl groups excluding tert-OH is 2. The molecule has 0 heterocycles. The van der Waals surface area contributed by atoms with Gasteiger partial charge in [-0.05, 0) is 40.0 Å². The Morgan fingerprint density at radius 1 is 0.821 bits per heavy atom. The predicted molar refractivity (Wildman–Crippen MR) is 114 cm³/mol. The Kier molecular flexibility index (Phi) is 15.5. The van der Waals surface area contributed by atoms with Gasteiger partial charge in [0, 0.05) is 13.2 Å². The van der Waals surface area contributed by atoms with E-state index in [0.29, 0.717) is 6.42 Å². The first-order valence-corrected chi connectivity index (χ1v) is 11.1. The molecule has 0 saturated carbocycles. The van der Waals surface area contributed by atoms with Gasteiger partial charge in [0.1, 0.15) is 5.60 Å². The van der Waals surface area contributed by atoms with E-state index in [9.17, 15) is 15.0 Å². The lowest BCUT2D eigenvalue weighted by Gasteiger charge is -2.32. The lowest BCUT2D eigenvalue weighted by molar-refractivity contribution is 0.0269. The van der Waals surface area contributed by atoms with Gasteiger partial charge in [0.25, 0.3) is 0 Å². The number of alkyl carbamates (subject to hydrolysis) is 1. The Morgan fingerprint density at radius 2 is 1.32 bits per heavy atom.